The Morgan fingerprint density at radius 2 is 1.54 bits per heavy atom. The van der Waals surface area contributed by atoms with Crippen molar-refractivity contribution in [1.29, 1.82) is 0 Å². The molecule has 199 valence electrons. The van der Waals surface area contributed by atoms with Gasteiger partial charge in [-0.1, -0.05) is 72.6 Å². The smallest absolute Gasteiger partial charge is 0.120 e. The molecule has 0 fully saturated rings. The summed E-state index contributed by atoms with van der Waals surface area (Å²) in [5.41, 5.74) is 9.29. The first-order valence-electron chi connectivity index (χ1n) is 12.9. The Hall–Kier alpha value is -3.37. The van der Waals surface area contributed by atoms with Crippen LogP contribution in [0.2, 0.25) is 19.6 Å². The van der Waals surface area contributed by atoms with Gasteiger partial charge in [-0.05, 0) is 49.4 Å². The van der Waals surface area contributed by atoms with Crippen molar-refractivity contribution in [3.05, 3.63) is 114 Å². The fraction of sp³-hybridized carbons (Fsp3) is 0.176. The van der Waals surface area contributed by atoms with Crippen LogP contribution in [-0.2, 0) is 20.1 Å². The van der Waals surface area contributed by atoms with Crippen molar-refractivity contribution >= 4 is 35.2 Å². The second-order valence-corrected chi connectivity index (χ2v) is 15.8. The second kappa shape index (κ2) is 11.8. The van der Waals surface area contributed by atoms with Crippen LogP contribution in [0.1, 0.15) is 16.7 Å². The summed E-state index contributed by atoms with van der Waals surface area (Å²) >= 11 is 0. The number of para-hydroxylation sites is 1. The number of aryl methyl sites for hydroxylation is 3. The molecule has 1 radical (unpaired) electrons. The first-order chi connectivity index (χ1) is 18.2. The molecule has 3 aromatic carbocycles. The molecule has 6 aromatic rings. The van der Waals surface area contributed by atoms with Gasteiger partial charge in [0.05, 0.1) is 5.58 Å². The predicted molar refractivity (Wildman–Crippen MR) is 161 cm³/mol. The number of nitrogens with zero attached hydrogens (tertiary/aromatic N) is 2. The zero-order valence-corrected chi connectivity index (χ0v) is 26.6. The molecular weight excluding hydrogens is 673 g/mol. The van der Waals surface area contributed by atoms with Gasteiger partial charge in [-0.25, -0.2) is 0 Å². The average Bonchev–Trinajstić information content (AvgIpc) is 3.29. The van der Waals surface area contributed by atoms with E-state index in [9.17, 15) is 0 Å². The number of pyridine rings is 2. The van der Waals surface area contributed by atoms with E-state index in [0.717, 1.165) is 39.2 Å². The zero-order valence-electron chi connectivity index (χ0n) is 23.2. The Balaban J connectivity index is 0.000000213. The van der Waals surface area contributed by atoms with Gasteiger partial charge in [0, 0.05) is 46.0 Å². The van der Waals surface area contributed by atoms with Gasteiger partial charge in [0.2, 0.25) is 0 Å². The Morgan fingerprint density at radius 1 is 0.795 bits per heavy atom. The number of hydrogen-bond acceptors (Lipinski definition) is 3. The summed E-state index contributed by atoms with van der Waals surface area (Å²) in [7, 11) is -1.54. The molecule has 0 amide bonds. The molecule has 0 atom stereocenters. The van der Waals surface area contributed by atoms with E-state index in [1.165, 1.54) is 27.1 Å². The molecule has 0 aliphatic heterocycles. The van der Waals surface area contributed by atoms with Crippen molar-refractivity contribution in [2.24, 2.45) is 0 Å². The maximum absolute atomic E-state index is 6.31. The van der Waals surface area contributed by atoms with E-state index < -0.39 is 8.07 Å². The number of rotatable bonds is 3. The fourth-order valence-corrected chi connectivity index (χ4v) is 6.20. The minimum atomic E-state index is -1.54. The van der Waals surface area contributed by atoms with Crippen LogP contribution in [0.3, 0.4) is 0 Å². The van der Waals surface area contributed by atoms with Gasteiger partial charge in [-0.2, -0.15) is 0 Å². The molecule has 6 rings (SSSR count). The van der Waals surface area contributed by atoms with E-state index in [1.54, 1.807) is 0 Å². The van der Waals surface area contributed by atoms with Crippen LogP contribution < -0.4 is 5.19 Å². The van der Waals surface area contributed by atoms with E-state index in [-0.39, 0.29) is 20.1 Å². The van der Waals surface area contributed by atoms with Crippen molar-refractivity contribution in [2.45, 2.75) is 40.4 Å². The third-order valence-corrected chi connectivity index (χ3v) is 8.62. The Labute approximate surface area is 245 Å². The summed E-state index contributed by atoms with van der Waals surface area (Å²) in [5.74, 6) is 0. The third kappa shape index (κ3) is 6.12. The van der Waals surface area contributed by atoms with Gasteiger partial charge in [-0.15, -0.1) is 53.2 Å². The van der Waals surface area contributed by atoms with Crippen LogP contribution in [0.25, 0.3) is 44.5 Å². The monoisotopic (exact) mass is 705 g/mol. The van der Waals surface area contributed by atoms with Crippen molar-refractivity contribution in [3.8, 4) is 22.5 Å². The molecule has 0 unspecified atom stereocenters. The normalized spacial score (nSPS) is 11.1. The Morgan fingerprint density at radius 3 is 2.21 bits per heavy atom. The molecule has 0 saturated heterocycles. The van der Waals surface area contributed by atoms with E-state index in [0.29, 0.717) is 0 Å². The summed E-state index contributed by atoms with van der Waals surface area (Å²) < 4.78 is 6.31. The molecule has 39 heavy (non-hydrogen) atoms. The molecular formula is C34H32IrN2OSi-2. The summed E-state index contributed by atoms with van der Waals surface area (Å²) in [6.07, 6.45) is 3.78. The number of aromatic nitrogens is 2. The van der Waals surface area contributed by atoms with E-state index in [4.69, 9.17) is 4.42 Å². The number of fused-ring (bicyclic) bond motifs is 3. The molecule has 0 aliphatic rings. The molecule has 5 heteroatoms. The fourth-order valence-electron chi connectivity index (χ4n) is 4.70. The maximum Gasteiger partial charge on any atom is 0.120 e. The Kier molecular flexibility index (Phi) is 8.66. The predicted octanol–water partition coefficient (Wildman–Crippen LogP) is 8.46. The Bertz CT molecular complexity index is 1720. The van der Waals surface area contributed by atoms with Gasteiger partial charge in [0.25, 0.3) is 0 Å². The standard InChI is InChI=1S/C22H22NOSi.C12H10N.Ir/c1-14-12-15(2)21(23-13-14)17-10-11-19(25(3,4)5)20-16-8-6-7-9-18(16)24-22(17)20;1-10-7-8-12(13-9-10)11-5-3-2-4-6-11;/h6-9,11-13H,1-5H3;2-5,7-9H,1H3;/q2*-1;. The quantitative estimate of drug-likeness (QED) is 0.137. The minimum Gasteiger partial charge on any atom is -0.501 e. The summed E-state index contributed by atoms with van der Waals surface area (Å²) in [6.45, 7) is 13.3. The van der Waals surface area contributed by atoms with Crippen molar-refractivity contribution in [2.75, 3.05) is 0 Å². The van der Waals surface area contributed by atoms with Crippen molar-refractivity contribution in [1.82, 2.24) is 9.97 Å². The van der Waals surface area contributed by atoms with E-state index in [1.807, 2.05) is 61.8 Å². The molecule has 0 saturated carbocycles. The van der Waals surface area contributed by atoms with Crippen LogP contribution in [0.4, 0.5) is 0 Å². The van der Waals surface area contributed by atoms with Crippen LogP contribution in [-0.4, -0.2) is 18.0 Å². The van der Waals surface area contributed by atoms with Crippen molar-refractivity contribution in [3.63, 3.8) is 0 Å². The number of benzene rings is 3. The first-order valence-corrected chi connectivity index (χ1v) is 16.4. The maximum atomic E-state index is 6.31. The first kappa shape index (κ1) is 28.6. The molecule has 3 nitrogen and oxygen atoms in total. The van der Waals surface area contributed by atoms with Gasteiger partial charge in [0.1, 0.15) is 5.58 Å². The van der Waals surface area contributed by atoms with Crippen LogP contribution in [0.15, 0.2) is 89.6 Å². The minimum absolute atomic E-state index is 0. The van der Waals surface area contributed by atoms with E-state index >= 15 is 0 Å². The molecule has 0 aliphatic carbocycles. The molecule has 3 heterocycles. The summed E-state index contributed by atoms with van der Waals surface area (Å²) in [4.78, 5) is 9.00. The van der Waals surface area contributed by atoms with Gasteiger partial charge < -0.3 is 14.4 Å². The molecule has 0 spiro atoms. The SMILES string of the molecule is Cc1ccc(-c2[c-]cccc2)nc1.Cc1cnc(-c2[c-]cc([Si](C)(C)C)c3c2oc2ccccc23)c(C)c1.[Ir]. The largest absolute Gasteiger partial charge is 0.501 e. The van der Waals surface area contributed by atoms with Crippen LogP contribution >= 0.6 is 0 Å². The summed E-state index contributed by atoms with van der Waals surface area (Å²) in [6, 6.07) is 31.2. The van der Waals surface area contributed by atoms with E-state index in [2.05, 4.69) is 85.9 Å². The van der Waals surface area contributed by atoms with Gasteiger partial charge in [-0.3, -0.25) is 0 Å². The number of furan rings is 1. The molecule has 0 bridgehead atoms. The van der Waals surface area contributed by atoms with Gasteiger partial charge >= 0.3 is 0 Å². The second-order valence-electron chi connectivity index (χ2n) is 10.8. The average molecular weight is 705 g/mol. The number of hydrogen-bond donors (Lipinski definition) is 0. The zero-order chi connectivity index (χ0) is 26.9. The topological polar surface area (TPSA) is 38.9 Å². The molecule has 0 N–H and O–H groups in total. The van der Waals surface area contributed by atoms with Crippen molar-refractivity contribution < 1.29 is 24.5 Å². The van der Waals surface area contributed by atoms with Crippen LogP contribution in [0, 0.1) is 32.9 Å². The third-order valence-electron chi connectivity index (χ3n) is 6.61. The van der Waals surface area contributed by atoms with Crippen LogP contribution in [0.5, 0.6) is 0 Å². The van der Waals surface area contributed by atoms with Gasteiger partial charge in [0.15, 0.2) is 0 Å². The molecule has 3 aromatic heterocycles. The summed E-state index contributed by atoms with van der Waals surface area (Å²) in [5, 5.41) is 3.82.